The van der Waals surface area contributed by atoms with Gasteiger partial charge in [-0.2, -0.15) is 0 Å². The van der Waals surface area contributed by atoms with Crippen LogP contribution in [0.1, 0.15) is 16.8 Å². The zero-order chi connectivity index (χ0) is 15.2. The molecule has 0 bridgehead atoms. The first-order valence-electron chi connectivity index (χ1n) is 6.29. The number of nitro benzene ring substituents is 1. The highest BCUT2D eigenvalue weighted by Gasteiger charge is 2.16. The summed E-state index contributed by atoms with van der Waals surface area (Å²) in [5, 5.41) is 22.8. The SMILES string of the molecule is O=C(O)c1ccc([N+](=O)[O-])c(NCCCn2ccnc2)c1. The summed E-state index contributed by atoms with van der Waals surface area (Å²) >= 11 is 0. The van der Waals surface area contributed by atoms with E-state index in [1.165, 1.54) is 18.2 Å². The molecule has 0 aliphatic carbocycles. The number of carbonyl (C=O) groups is 1. The minimum Gasteiger partial charge on any atom is -0.478 e. The second kappa shape index (κ2) is 6.51. The molecule has 110 valence electrons. The van der Waals surface area contributed by atoms with Gasteiger partial charge in [-0.3, -0.25) is 10.1 Å². The van der Waals surface area contributed by atoms with Crippen LogP contribution in [0.25, 0.3) is 0 Å². The fraction of sp³-hybridized carbons (Fsp3) is 0.231. The molecule has 0 aliphatic rings. The maximum absolute atomic E-state index is 10.9. The fourth-order valence-corrected chi connectivity index (χ4v) is 1.87. The Hall–Kier alpha value is -2.90. The van der Waals surface area contributed by atoms with Gasteiger partial charge in [-0.1, -0.05) is 0 Å². The number of nitrogens with zero attached hydrogens (tertiary/aromatic N) is 3. The molecular formula is C13H14N4O4. The second-order valence-electron chi connectivity index (χ2n) is 4.38. The summed E-state index contributed by atoms with van der Waals surface area (Å²) in [6.45, 7) is 1.21. The van der Waals surface area contributed by atoms with Gasteiger partial charge in [0.15, 0.2) is 0 Å². The number of aryl methyl sites for hydroxylation is 1. The lowest BCUT2D eigenvalue weighted by Gasteiger charge is -2.08. The van der Waals surface area contributed by atoms with Crippen molar-refractivity contribution in [2.45, 2.75) is 13.0 Å². The Morgan fingerprint density at radius 1 is 1.48 bits per heavy atom. The topological polar surface area (TPSA) is 110 Å². The van der Waals surface area contributed by atoms with Crippen molar-refractivity contribution in [3.8, 4) is 0 Å². The van der Waals surface area contributed by atoms with Crippen LogP contribution in [0.5, 0.6) is 0 Å². The second-order valence-corrected chi connectivity index (χ2v) is 4.38. The maximum atomic E-state index is 10.9. The molecular weight excluding hydrogens is 276 g/mol. The molecule has 0 amide bonds. The van der Waals surface area contributed by atoms with E-state index in [4.69, 9.17) is 5.11 Å². The van der Waals surface area contributed by atoms with E-state index >= 15 is 0 Å². The highest BCUT2D eigenvalue weighted by atomic mass is 16.6. The molecule has 0 unspecified atom stereocenters. The number of aromatic nitrogens is 2. The Bertz CT molecular complexity index is 640. The zero-order valence-corrected chi connectivity index (χ0v) is 11.1. The number of imidazole rings is 1. The number of anilines is 1. The maximum Gasteiger partial charge on any atom is 0.335 e. The summed E-state index contributed by atoms with van der Waals surface area (Å²) in [6.07, 6.45) is 5.92. The fourth-order valence-electron chi connectivity index (χ4n) is 1.87. The molecule has 8 nitrogen and oxygen atoms in total. The Labute approximate surface area is 120 Å². The van der Waals surface area contributed by atoms with Crippen molar-refractivity contribution < 1.29 is 14.8 Å². The van der Waals surface area contributed by atoms with E-state index in [0.717, 1.165) is 13.0 Å². The van der Waals surface area contributed by atoms with Crippen molar-refractivity contribution in [1.29, 1.82) is 0 Å². The summed E-state index contributed by atoms with van der Waals surface area (Å²) in [7, 11) is 0. The van der Waals surface area contributed by atoms with E-state index < -0.39 is 10.9 Å². The molecule has 0 aliphatic heterocycles. The number of nitro groups is 1. The Morgan fingerprint density at radius 2 is 2.29 bits per heavy atom. The lowest BCUT2D eigenvalue weighted by molar-refractivity contribution is -0.384. The first-order chi connectivity index (χ1) is 10.1. The van der Waals surface area contributed by atoms with Gasteiger partial charge in [0.05, 0.1) is 16.8 Å². The highest BCUT2D eigenvalue weighted by Crippen LogP contribution is 2.25. The molecule has 0 saturated heterocycles. The van der Waals surface area contributed by atoms with E-state index in [9.17, 15) is 14.9 Å². The summed E-state index contributed by atoms with van der Waals surface area (Å²) < 4.78 is 1.89. The molecule has 2 N–H and O–H groups in total. The molecule has 1 aromatic heterocycles. The number of rotatable bonds is 7. The quantitative estimate of drug-likeness (QED) is 0.458. The van der Waals surface area contributed by atoms with E-state index in [1.807, 2.05) is 10.8 Å². The van der Waals surface area contributed by atoms with Gasteiger partial charge in [0.25, 0.3) is 5.69 Å². The summed E-state index contributed by atoms with van der Waals surface area (Å²) in [4.78, 5) is 25.2. The van der Waals surface area contributed by atoms with E-state index in [1.54, 1.807) is 12.5 Å². The minimum absolute atomic E-state index is 0.0118. The standard InChI is InChI=1S/C13H14N4O4/c18-13(19)10-2-3-12(17(20)21)11(8-10)15-4-1-6-16-7-5-14-9-16/h2-3,5,7-9,15H,1,4,6H2,(H,18,19). The molecule has 2 aromatic rings. The summed E-state index contributed by atoms with van der Waals surface area (Å²) in [5.41, 5.74) is 0.0888. The molecule has 0 atom stereocenters. The predicted molar refractivity (Wildman–Crippen MR) is 75.4 cm³/mol. The first kappa shape index (κ1) is 14.5. The molecule has 0 spiro atoms. The van der Waals surface area contributed by atoms with Crippen molar-refractivity contribution in [3.63, 3.8) is 0 Å². The molecule has 0 radical (unpaired) electrons. The molecule has 8 heteroatoms. The van der Waals surface area contributed by atoms with Crippen LogP contribution in [-0.2, 0) is 6.54 Å². The lowest BCUT2D eigenvalue weighted by atomic mass is 10.1. The normalized spacial score (nSPS) is 10.3. The predicted octanol–water partition coefficient (Wildman–Crippen LogP) is 1.99. The van der Waals surface area contributed by atoms with Crippen LogP contribution in [0.2, 0.25) is 0 Å². The van der Waals surface area contributed by atoms with Gasteiger partial charge in [-0.15, -0.1) is 0 Å². The number of carboxylic acid groups (broad SMARTS) is 1. The number of nitrogens with one attached hydrogen (secondary N) is 1. The lowest BCUT2D eigenvalue weighted by Crippen LogP contribution is -2.08. The summed E-state index contributed by atoms with van der Waals surface area (Å²) in [6, 6.07) is 3.69. The van der Waals surface area contributed by atoms with Gasteiger partial charge in [0, 0.05) is 31.5 Å². The molecule has 2 rings (SSSR count). The van der Waals surface area contributed by atoms with Crippen LogP contribution >= 0.6 is 0 Å². The number of aromatic carboxylic acids is 1. The third-order valence-electron chi connectivity index (χ3n) is 2.91. The Morgan fingerprint density at radius 3 is 2.90 bits per heavy atom. The van der Waals surface area contributed by atoms with Crippen LogP contribution in [0, 0.1) is 10.1 Å². The van der Waals surface area contributed by atoms with E-state index in [2.05, 4.69) is 10.3 Å². The average Bonchev–Trinajstić information content (AvgIpc) is 2.96. The van der Waals surface area contributed by atoms with Gasteiger partial charge in [-0.25, -0.2) is 9.78 Å². The van der Waals surface area contributed by atoms with E-state index in [-0.39, 0.29) is 16.9 Å². The van der Waals surface area contributed by atoms with Crippen molar-refractivity contribution in [2.24, 2.45) is 0 Å². The average molecular weight is 290 g/mol. The van der Waals surface area contributed by atoms with Gasteiger partial charge in [0.1, 0.15) is 5.69 Å². The number of hydrogen-bond acceptors (Lipinski definition) is 5. The van der Waals surface area contributed by atoms with Crippen LogP contribution in [-0.4, -0.2) is 32.1 Å². The highest BCUT2D eigenvalue weighted by molar-refractivity contribution is 5.90. The van der Waals surface area contributed by atoms with Crippen molar-refractivity contribution in [3.05, 3.63) is 52.6 Å². The minimum atomic E-state index is -1.12. The zero-order valence-electron chi connectivity index (χ0n) is 11.1. The number of carboxylic acids is 1. The summed E-state index contributed by atoms with van der Waals surface area (Å²) in [5.74, 6) is -1.12. The monoisotopic (exact) mass is 290 g/mol. The largest absolute Gasteiger partial charge is 0.478 e. The van der Waals surface area contributed by atoms with Crippen molar-refractivity contribution in [1.82, 2.24) is 9.55 Å². The van der Waals surface area contributed by atoms with Crippen LogP contribution in [0.15, 0.2) is 36.9 Å². The van der Waals surface area contributed by atoms with Gasteiger partial charge in [0.2, 0.25) is 0 Å². The van der Waals surface area contributed by atoms with Crippen LogP contribution in [0.3, 0.4) is 0 Å². The van der Waals surface area contributed by atoms with Crippen molar-refractivity contribution >= 4 is 17.3 Å². The smallest absolute Gasteiger partial charge is 0.335 e. The first-order valence-corrected chi connectivity index (χ1v) is 6.29. The van der Waals surface area contributed by atoms with Gasteiger partial charge < -0.3 is 15.0 Å². The molecule has 1 heterocycles. The van der Waals surface area contributed by atoms with Crippen LogP contribution in [0.4, 0.5) is 11.4 Å². The molecule has 0 fully saturated rings. The van der Waals surface area contributed by atoms with Gasteiger partial charge in [-0.05, 0) is 18.6 Å². The number of benzene rings is 1. The number of hydrogen-bond donors (Lipinski definition) is 2. The van der Waals surface area contributed by atoms with Crippen LogP contribution < -0.4 is 5.32 Å². The molecule has 1 aromatic carbocycles. The van der Waals surface area contributed by atoms with Gasteiger partial charge >= 0.3 is 5.97 Å². The third kappa shape index (κ3) is 3.78. The molecule has 21 heavy (non-hydrogen) atoms. The van der Waals surface area contributed by atoms with Crippen molar-refractivity contribution in [2.75, 3.05) is 11.9 Å². The third-order valence-corrected chi connectivity index (χ3v) is 2.91. The Balaban J connectivity index is 2.01. The molecule has 0 saturated carbocycles. The Kier molecular flexibility index (Phi) is 4.50. The van der Waals surface area contributed by atoms with E-state index in [0.29, 0.717) is 6.54 Å².